The van der Waals surface area contributed by atoms with Crippen molar-refractivity contribution in [1.82, 2.24) is 14.9 Å². The number of imidazole rings is 1. The van der Waals surface area contributed by atoms with Gasteiger partial charge in [-0.3, -0.25) is 4.79 Å². The molecule has 0 bridgehead atoms. The van der Waals surface area contributed by atoms with E-state index in [1.54, 1.807) is 18.1 Å². The fourth-order valence-electron chi connectivity index (χ4n) is 9.09. The summed E-state index contributed by atoms with van der Waals surface area (Å²) in [6, 6.07) is 8.61. The Kier molecular flexibility index (Phi) is 7.02. The molecule has 0 aliphatic heterocycles. The van der Waals surface area contributed by atoms with Gasteiger partial charge in [0.05, 0.1) is 11.0 Å². The van der Waals surface area contributed by atoms with Crippen molar-refractivity contribution in [2.75, 3.05) is 13.1 Å². The van der Waals surface area contributed by atoms with E-state index in [0.29, 0.717) is 23.7 Å². The zero-order valence-electron chi connectivity index (χ0n) is 24.6. The van der Waals surface area contributed by atoms with Gasteiger partial charge in [-0.05, 0) is 98.3 Å². The van der Waals surface area contributed by atoms with Crippen molar-refractivity contribution in [3.05, 3.63) is 47.8 Å². The maximum Gasteiger partial charge on any atom is 0.302 e. The highest BCUT2D eigenvalue weighted by atomic mass is 16.5. The molecule has 1 heterocycles. The van der Waals surface area contributed by atoms with Gasteiger partial charge in [-0.1, -0.05) is 51.5 Å². The van der Waals surface area contributed by atoms with Gasteiger partial charge in [0.2, 0.25) is 0 Å². The molecule has 2 saturated carbocycles. The number of para-hydroxylation sites is 2. The van der Waals surface area contributed by atoms with Crippen molar-refractivity contribution in [3.8, 4) is 0 Å². The molecule has 0 spiro atoms. The fourth-order valence-corrected chi connectivity index (χ4v) is 9.09. The van der Waals surface area contributed by atoms with Gasteiger partial charge in [-0.15, -0.1) is 0 Å². The van der Waals surface area contributed by atoms with Crippen LogP contribution in [0.1, 0.15) is 86.0 Å². The molecule has 1 N–H and O–H groups in total. The number of benzene rings is 1. The highest BCUT2D eigenvalue weighted by molar-refractivity contribution is 5.81. The number of aromatic nitrogens is 2. The van der Waals surface area contributed by atoms with E-state index >= 15 is 0 Å². The van der Waals surface area contributed by atoms with Crippen LogP contribution in [0.4, 0.5) is 0 Å². The molecule has 5 heteroatoms. The summed E-state index contributed by atoms with van der Waals surface area (Å²) >= 11 is 0. The average molecular weight is 530 g/mol. The summed E-state index contributed by atoms with van der Waals surface area (Å²) in [5.74, 6) is 2.63. The van der Waals surface area contributed by atoms with Gasteiger partial charge in [-0.2, -0.15) is 0 Å². The molecule has 39 heavy (non-hydrogen) atoms. The van der Waals surface area contributed by atoms with E-state index in [1.807, 2.05) is 0 Å². The summed E-state index contributed by atoms with van der Waals surface area (Å²) in [6.45, 7) is 13.3. The minimum atomic E-state index is -0.141. The lowest BCUT2D eigenvalue weighted by Gasteiger charge is -2.57. The third-order valence-electron chi connectivity index (χ3n) is 11.1. The van der Waals surface area contributed by atoms with Crippen LogP contribution < -0.4 is 5.32 Å². The number of hydrogen-bond donors (Lipinski definition) is 1. The zero-order chi connectivity index (χ0) is 27.4. The summed E-state index contributed by atoms with van der Waals surface area (Å²) in [7, 11) is 0. The molecule has 5 nitrogen and oxygen atoms in total. The van der Waals surface area contributed by atoms with Crippen LogP contribution in [0.5, 0.6) is 0 Å². The summed E-state index contributed by atoms with van der Waals surface area (Å²) in [5.41, 5.74) is 7.38. The van der Waals surface area contributed by atoms with Gasteiger partial charge in [0, 0.05) is 31.0 Å². The van der Waals surface area contributed by atoms with Crippen molar-refractivity contribution in [3.63, 3.8) is 0 Å². The summed E-state index contributed by atoms with van der Waals surface area (Å²) in [4.78, 5) is 16.5. The summed E-state index contributed by atoms with van der Waals surface area (Å²) < 4.78 is 8.12. The monoisotopic (exact) mass is 529 g/mol. The van der Waals surface area contributed by atoms with Crippen molar-refractivity contribution in [2.45, 2.75) is 92.1 Å². The van der Waals surface area contributed by atoms with Gasteiger partial charge >= 0.3 is 5.97 Å². The SMILES string of the molecule is CC(=O)O[C@H]1CC[C@@]2(C)C(=CC[C@@H]3[C@@H]2CC[C@]2(C)C(n4cnc5ccccc54)=C(CNCCC(C)C)C[C@@H]32)C1. The van der Waals surface area contributed by atoms with Crippen LogP contribution in [0, 0.1) is 34.5 Å². The van der Waals surface area contributed by atoms with Crippen LogP contribution in [0.15, 0.2) is 47.8 Å². The van der Waals surface area contributed by atoms with Crippen molar-refractivity contribution >= 4 is 22.7 Å². The van der Waals surface area contributed by atoms with Crippen molar-refractivity contribution < 1.29 is 9.53 Å². The Bertz CT molecular complexity index is 1300. The number of ether oxygens (including phenoxy) is 1. The minimum absolute atomic E-state index is 0.0602. The standard InChI is InChI=1S/C34H47N3O2/c1-22(2)14-17-35-20-24-18-29-27-11-10-25-19-26(39-23(3)38)12-15-33(25,4)28(27)13-16-34(29,5)32(24)37-21-36-30-8-6-7-9-31(30)37/h6-10,21-22,26-29,35H,11-20H2,1-5H3/t26-,27+,28-,29-,33-,34-/m0/s1. The molecule has 1 aromatic carbocycles. The lowest BCUT2D eigenvalue weighted by Crippen LogP contribution is -2.50. The van der Waals surface area contributed by atoms with Crippen molar-refractivity contribution in [1.29, 1.82) is 0 Å². The lowest BCUT2D eigenvalue weighted by molar-refractivity contribution is -0.148. The first-order valence-electron chi connectivity index (χ1n) is 15.4. The number of nitrogens with zero attached hydrogens (tertiary/aromatic N) is 2. The number of carbonyl (C=O) groups excluding carboxylic acids is 1. The average Bonchev–Trinajstić information content (AvgIpc) is 3.44. The Morgan fingerprint density at radius 2 is 1.92 bits per heavy atom. The highest BCUT2D eigenvalue weighted by Gasteiger charge is 2.58. The number of carbonyl (C=O) groups is 1. The quantitative estimate of drug-likeness (QED) is 0.231. The minimum Gasteiger partial charge on any atom is -0.462 e. The van der Waals surface area contributed by atoms with Gasteiger partial charge in [0.15, 0.2) is 0 Å². The predicted octanol–water partition coefficient (Wildman–Crippen LogP) is 7.39. The molecule has 4 aliphatic rings. The van der Waals surface area contributed by atoms with E-state index in [1.165, 1.54) is 36.9 Å². The third-order valence-corrected chi connectivity index (χ3v) is 11.1. The van der Waals surface area contributed by atoms with Crippen LogP contribution in [0.3, 0.4) is 0 Å². The molecule has 0 amide bonds. The molecule has 0 unspecified atom stereocenters. The normalized spacial score (nSPS) is 34.1. The Morgan fingerprint density at radius 3 is 2.72 bits per heavy atom. The molecule has 2 fully saturated rings. The van der Waals surface area contributed by atoms with E-state index < -0.39 is 0 Å². The van der Waals surface area contributed by atoms with Gasteiger partial charge in [-0.25, -0.2) is 4.98 Å². The first-order valence-corrected chi connectivity index (χ1v) is 15.4. The second kappa shape index (κ2) is 10.2. The van der Waals surface area contributed by atoms with Crippen LogP contribution in [-0.2, 0) is 9.53 Å². The Morgan fingerprint density at radius 1 is 1.13 bits per heavy atom. The molecular formula is C34H47N3O2. The predicted molar refractivity (Wildman–Crippen MR) is 158 cm³/mol. The Balaban J connectivity index is 1.32. The number of rotatable bonds is 7. The lowest BCUT2D eigenvalue weighted by atomic mass is 9.47. The Hall–Kier alpha value is -2.40. The number of nitrogens with one attached hydrogen (secondary N) is 1. The summed E-state index contributed by atoms with van der Waals surface area (Å²) in [6.07, 6.45) is 13.8. The number of hydrogen-bond acceptors (Lipinski definition) is 4. The first-order chi connectivity index (χ1) is 18.7. The third kappa shape index (κ3) is 4.59. The maximum atomic E-state index is 11.7. The number of esters is 1. The molecular weight excluding hydrogens is 482 g/mol. The molecule has 0 saturated heterocycles. The number of fused-ring (bicyclic) bond motifs is 6. The van der Waals surface area contributed by atoms with E-state index in [-0.39, 0.29) is 22.9 Å². The van der Waals surface area contributed by atoms with E-state index in [2.05, 4.69) is 74.2 Å². The molecule has 4 aliphatic carbocycles. The Labute approximate surface area is 234 Å². The first kappa shape index (κ1) is 26.8. The van der Waals surface area contributed by atoms with E-state index in [9.17, 15) is 4.79 Å². The molecule has 0 radical (unpaired) electrons. The zero-order valence-corrected chi connectivity index (χ0v) is 24.6. The molecule has 6 rings (SSSR count). The van der Waals surface area contributed by atoms with Gasteiger partial charge < -0.3 is 14.6 Å². The highest BCUT2D eigenvalue weighted by Crippen LogP contribution is 2.67. The topological polar surface area (TPSA) is 56.2 Å². The second-order valence-corrected chi connectivity index (χ2v) is 13.8. The fraction of sp³-hybridized carbons (Fsp3) is 0.647. The second-order valence-electron chi connectivity index (χ2n) is 13.8. The maximum absolute atomic E-state index is 11.7. The van der Waals surface area contributed by atoms with E-state index in [0.717, 1.165) is 44.3 Å². The van der Waals surface area contributed by atoms with Crippen LogP contribution in [-0.4, -0.2) is 34.7 Å². The van der Waals surface area contributed by atoms with Gasteiger partial charge in [0.1, 0.15) is 12.4 Å². The van der Waals surface area contributed by atoms with Crippen LogP contribution >= 0.6 is 0 Å². The molecule has 1 aromatic heterocycles. The smallest absolute Gasteiger partial charge is 0.302 e. The van der Waals surface area contributed by atoms with Crippen molar-refractivity contribution in [2.24, 2.45) is 34.5 Å². The van der Waals surface area contributed by atoms with E-state index in [4.69, 9.17) is 9.72 Å². The largest absolute Gasteiger partial charge is 0.462 e. The van der Waals surface area contributed by atoms with Gasteiger partial charge in [0.25, 0.3) is 0 Å². The number of allylic oxidation sites excluding steroid dienone is 2. The van der Waals surface area contributed by atoms with Crippen LogP contribution in [0.2, 0.25) is 0 Å². The molecule has 210 valence electrons. The van der Waals surface area contributed by atoms with Crippen LogP contribution in [0.25, 0.3) is 16.7 Å². The summed E-state index contributed by atoms with van der Waals surface area (Å²) in [5, 5.41) is 3.83. The molecule has 2 aromatic rings. The molecule has 6 atom stereocenters.